The van der Waals surface area contributed by atoms with Crippen LogP contribution in [0.5, 0.6) is 11.8 Å². The highest BCUT2D eigenvalue weighted by atomic mass is 16.5. The van der Waals surface area contributed by atoms with Gasteiger partial charge >= 0.3 is 12.0 Å². The van der Waals surface area contributed by atoms with Gasteiger partial charge in [0.25, 0.3) is 0 Å². The topological polar surface area (TPSA) is 85.2 Å². The van der Waals surface area contributed by atoms with Gasteiger partial charge in [-0.3, -0.25) is 0 Å². The van der Waals surface area contributed by atoms with Crippen molar-refractivity contribution in [1.82, 2.24) is 15.0 Å². The lowest BCUT2D eigenvalue weighted by Crippen LogP contribution is -1.97. The van der Waals surface area contributed by atoms with Crippen LogP contribution < -0.4 is 4.74 Å². The standard InChI is InChI=1S/C10H7N3O3/c14-9(15)7-2-1-3-8(4-7)16-10-12-5-11-6-13-10/h1-6H,(H,14,15). The van der Waals surface area contributed by atoms with Crippen LogP contribution in [0.2, 0.25) is 0 Å². The van der Waals surface area contributed by atoms with E-state index in [0.29, 0.717) is 5.75 Å². The molecule has 0 atom stereocenters. The average molecular weight is 217 g/mol. The zero-order valence-electron chi connectivity index (χ0n) is 8.07. The lowest BCUT2D eigenvalue weighted by Gasteiger charge is -2.03. The lowest BCUT2D eigenvalue weighted by molar-refractivity contribution is 0.0696. The van der Waals surface area contributed by atoms with Gasteiger partial charge < -0.3 is 9.84 Å². The van der Waals surface area contributed by atoms with Crippen molar-refractivity contribution in [1.29, 1.82) is 0 Å². The van der Waals surface area contributed by atoms with E-state index in [1.54, 1.807) is 12.1 Å². The summed E-state index contributed by atoms with van der Waals surface area (Å²) in [6.07, 6.45) is 2.59. The molecule has 0 fully saturated rings. The zero-order chi connectivity index (χ0) is 11.4. The summed E-state index contributed by atoms with van der Waals surface area (Å²) in [4.78, 5) is 21.9. The molecule has 1 aromatic heterocycles. The maximum absolute atomic E-state index is 10.7. The van der Waals surface area contributed by atoms with E-state index in [-0.39, 0.29) is 11.6 Å². The Kier molecular flexibility index (Phi) is 2.73. The predicted molar refractivity (Wildman–Crippen MR) is 53.3 cm³/mol. The Morgan fingerprint density at radius 3 is 2.69 bits per heavy atom. The van der Waals surface area contributed by atoms with E-state index in [1.165, 1.54) is 24.8 Å². The first-order valence-corrected chi connectivity index (χ1v) is 4.39. The highest BCUT2D eigenvalue weighted by Gasteiger charge is 2.05. The van der Waals surface area contributed by atoms with Gasteiger partial charge in [0.1, 0.15) is 18.4 Å². The van der Waals surface area contributed by atoms with Crippen molar-refractivity contribution in [2.45, 2.75) is 0 Å². The quantitative estimate of drug-likeness (QED) is 0.835. The molecule has 1 aromatic carbocycles. The second-order valence-corrected chi connectivity index (χ2v) is 2.86. The second kappa shape index (κ2) is 4.35. The smallest absolute Gasteiger partial charge is 0.335 e. The van der Waals surface area contributed by atoms with Crippen molar-refractivity contribution in [3.63, 3.8) is 0 Å². The molecule has 0 radical (unpaired) electrons. The average Bonchev–Trinajstić information content (AvgIpc) is 2.30. The van der Waals surface area contributed by atoms with Gasteiger partial charge in [0.2, 0.25) is 0 Å². The maximum Gasteiger partial charge on any atom is 0.335 e. The highest BCUT2D eigenvalue weighted by molar-refractivity contribution is 5.88. The number of carboxylic acids is 1. The number of rotatable bonds is 3. The van der Waals surface area contributed by atoms with Gasteiger partial charge in [-0.2, -0.15) is 9.97 Å². The molecule has 1 heterocycles. The summed E-state index contributed by atoms with van der Waals surface area (Å²) in [5.41, 5.74) is 0.145. The van der Waals surface area contributed by atoms with Gasteiger partial charge in [-0.1, -0.05) is 6.07 Å². The molecular weight excluding hydrogens is 210 g/mol. The summed E-state index contributed by atoms with van der Waals surface area (Å²) in [6, 6.07) is 6.20. The fourth-order valence-electron chi connectivity index (χ4n) is 1.08. The van der Waals surface area contributed by atoms with Gasteiger partial charge in [-0.15, -0.1) is 0 Å². The van der Waals surface area contributed by atoms with Crippen molar-refractivity contribution in [3.05, 3.63) is 42.5 Å². The Hall–Kier alpha value is -2.50. The van der Waals surface area contributed by atoms with E-state index in [4.69, 9.17) is 9.84 Å². The third-order valence-electron chi connectivity index (χ3n) is 1.76. The molecule has 0 saturated heterocycles. The number of aromatic nitrogens is 3. The van der Waals surface area contributed by atoms with Crippen LogP contribution in [0.15, 0.2) is 36.9 Å². The summed E-state index contributed by atoms with van der Waals surface area (Å²) in [5.74, 6) is -0.646. The molecule has 2 aromatic rings. The number of hydrogen-bond acceptors (Lipinski definition) is 5. The molecule has 0 spiro atoms. The van der Waals surface area contributed by atoms with Crippen LogP contribution in [0.25, 0.3) is 0 Å². The van der Waals surface area contributed by atoms with Crippen molar-refractivity contribution in [3.8, 4) is 11.8 Å². The summed E-state index contributed by atoms with van der Waals surface area (Å²) in [5, 5.41) is 8.78. The number of ether oxygens (including phenoxy) is 1. The minimum Gasteiger partial charge on any atom is -0.478 e. The monoisotopic (exact) mass is 217 g/mol. The summed E-state index contributed by atoms with van der Waals surface area (Å²) < 4.78 is 5.24. The van der Waals surface area contributed by atoms with Crippen LogP contribution in [-0.2, 0) is 0 Å². The fourth-order valence-corrected chi connectivity index (χ4v) is 1.08. The Balaban J connectivity index is 2.22. The van der Waals surface area contributed by atoms with E-state index >= 15 is 0 Å². The molecule has 6 heteroatoms. The molecule has 80 valence electrons. The summed E-state index contributed by atoms with van der Waals surface area (Å²) in [6.45, 7) is 0. The SMILES string of the molecule is O=C(O)c1cccc(Oc2ncncn2)c1. The zero-order valence-corrected chi connectivity index (χ0v) is 8.07. The van der Waals surface area contributed by atoms with Crippen LogP contribution in [0.4, 0.5) is 0 Å². The third kappa shape index (κ3) is 2.30. The number of carboxylic acid groups (broad SMARTS) is 1. The molecule has 1 N–H and O–H groups in total. The van der Waals surface area contributed by atoms with E-state index in [2.05, 4.69) is 15.0 Å². The molecule has 0 bridgehead atoms. The minimum absolute atomic E-state index is 0.123. The van der Waals surface area contributed by atoms with E-state index < -0.39 is 5.97 Å². The van der Waals surface area contributed by atoms with Crippen molar-refractivity contribution in [2.24, 2.45) is 0 Å². The third-order valence-corrected chi connectivity index (χ3v) is 1.76. The number of benzene rings is 1. The van der Waals surface area contributed by atoms with Crippen LogP contribution in [0.3, 0.4) is 0 Å². The second-order valence-electron chi connectivity index (χ2n) is 2.86. The molecule has 0 saturated carbocycles. The van der Waals surface area contributed by atoms with E-state index in [1.807, 2.05) is 0 Å². The van der Waals surface area contributed by atoms with Gasteiger partial charge in [-0.05, 0) is 18.2 Å². The highest BCUT2D eigenvalue weighted by Crippen LogP contribution is 2.18. The predicted octanol–water partition coefficient (Wildman–Crippen LogP) is 1.36. The Bertz CT molecular complexity index is 502. The van der Waals surface area contributed by atoms with Gasteiger partial charge in [0.05, 0.1) is 5.56 Å². The Labute approximate surface area is 90.6 Å². The van der Waals surface area contributed by atoms with Gasteiger partial charge in [-0.25, -0.2) is 9.78 Å². The first kappa shape index (κ1) is 10.0. The van der Waals surface area contributed by atoms with Crippen LogP contribution in [0, 0.1) is 0 Å². The van der Waals surface area contributed by atoms with Crippen molar-refractivity contribution < 1.29 is 14.6 Å². The number of carbonyl (C=O) groups is 1. The number of hydrogen-bond donors (Lipinski definition) is 1. The van der Waals surface area contributed by atoms with Crippen molar-refractivity contribution >= 4 is 5.97 Å². The Morgan fingerprint density at radius 2 is 2.00 bits per heavy atom. The van der Waals surface area contributed by atoms with Crippen molar-refractivity contribution in [2.75, 3.05) is 0 Å². The molecule has 0 aliphatic rings. The Morgan fingerprint density at radius 1 is 1.25 bits per heavy atom. The normalized spacial score (nSPS) is 9.75. The number of aromatic carboxylic acids is 1. The lowest BCUT2D eigenvalue weighted by atomic mass is 10.2. The number of nitrogens with zero attached hydrogens (tertiary/aromatic N) is 3. The van der Waals surface area contributed by atoms with Crippen LogP contribution in [-0.4, -0.2) is 26.0 Å². The van der Waals surface area contributed by atoms with E-state index in [0.717, 1.165) is 0 Å². The first-order valence-electron chi connectivity index (χ1n) is 4.39. The molecule has 0 aliphatic heterocycles. The largest absolute Gasteiger partial charge is 0.478 e. The molecule has 16 heavy (non-hydrogen) atoms. The van der Waals surface area contributed by atoms with Gasteiger partial charge in [0.15, 0.2) is 0 Å². The maximum atomic E-state index is 10.7. The van der Waals surface area contributed by atoms with Crippen LogP contribution in [0.1, 0.15) is 10.4 Å². The van der Waals surface area contributed by atoms with Gasteiger partial charge in [0, 0.05) is 0 Å². The van der Waals surface area contributed by atoms with Crippen LogP contribution >= 0.6 is 0 Å². The molecule has 0 unspecified atom stereocenters. The molecular formula is C10H7N3O3. The minimum atomic E-state index is -1.01. The fraction of sp³-hybridized carbons (Fsp3) is 0. The van der Waals surface area contributed by atoms with E-state index in [9.17, 15) is 4.79 Å². The molecule has 6 nitrogen and oxygen atoms in total. The molecule has 0 aliphatic carbocycles. The summed E-state index contributed by atoms with van der Waals surface area (Å²) in [7, 11) is 0. The first-order chi connectivity index (χ1) is 7.75. The molecule has 0 amide bonds. The molecule has 2 rings (SSSR count). The summed E-state index contributed by atoms with van der Waals surface area (Å²) >= 11 is 0.